The van der Waals surface area contributed by atoms with Gasteiger partial charge < -0.3 is 19.1 Å². The molecule has 0 amide bonds. The van der Waals surface area contributed by atoms with Gasteiger partial charge in [0.25, 0.3) is 0 Å². The molecule has 6 nitrogen and oxygen atoms in total. The molecule has 1 aromatic heterocycles. The molecule has 1 aromatic rings. The second-order valence-electron chi connectivity index (χ2n) is 6.06. The third-order valence-corrected chi connectivity index (χ3v) is 3.97. The molecule has 6 heteroatoms. The molecule has 0 spiro atoms. The van der Waals surface area contributed by atoms with Gasteiger partial charge in [0, 0.05) is 26.2 Å². The fourth-order valence-electron chi connectivity index (χ4n) is 2.66. The number of rotatable bonds is 7. The predicted molar refractivity (Wildman–Crippen MR) is 79.8 cm³/mol. The average Bonchev–Trinajstić information content (AvgIpc) is 3.05. The van der Waals surface area contributed by atoms with Crippen LogP contribution in [0.15, 0.2) is 4.42 Å². The van der Waals surface area contributed by atoms with E-state index in [2.05, 4.69) is 22.1 Å². The maximum atomic E-state index is 5.66. The number of hydrogen-bond acceptors (Lipinski definition) is 6. The van der Waals surface area contributed by atoms with Crippen LogP contribution in [0.3, 0.4) is 0 Å². The van der Waals surface area contributed by atoms with E-state index in [1.807, 2.05) is 30.9 Å². The highest BCUT2D eigenvalue weighted by atomic mass is 16.4. The highest BCUT2D eigenvalue weighted by molar-refractivity contribution is 5.21. The zero-order valence-corrected chi connectivity index (χ0v) is 13.2. The Morgan fingerprint density at radius 2 is 1.75 bits per heavy atom. The first-order valence-electron chi connectivity index (χ1n) is 7.44. The Bertz CT molecular complexity index is 400. The van der Waals surface area contributed by atoms with Crippen LogP contribution >= 0.6 is 0 Å². The van der Waals surface area contributed by atoms with E-state index in [0.717, 1.165) is 19.1 Å². The lowest BCUT2D eigenvalue weighted by Crippen LogP contribution is -2.36. The molecule has 0 atom stereocenters. The summed E-state index contributed by atoms with van der Waals surface area (Å²) in [5.74, 6) is 0.668. The van der Waals surface area contributed by atoms with Crippen LogP contribution in [0.5, 0.6) is 0 Å². The van der Waals surface area contributed by atoms with E-state index in [1.165, 1.54) is 25.7 Å². The summed E-state index contributed by atoms with van der Waals surface area (Å²) in [5, 5.41) is 8.18. The Labute approximate surface area is 121 Å². The zero-order valence-electron chi connectivity index (χ0n) is 13.2. The molecule has 114 valence electrons. The van der Waals surface area contributed by atoms with Crippen molar-refractivity contribution in [2.75, 3.05) is 46.2 Å². The van der Waals surface area contributed by atoms with Crippen LogP contribution in [0.1, 0.15) is 31.6 Å². The summed E-state index contributed by atoms with van der Waals surface area (Å²) in [7, 11) is 8.21. The molecule has 0 unspecified atom stereocenters. The van der Waals surface area contributed by atoms with Gasteiger partial charge in [0.1, 0.15) is 0 Å². The molecule has 1 heterocycles. The summed E-state index contributed by atoms with van der Waals surface area (Å²) in [6.07, 6.45) is 5.44. The first-order valence-corrected chi connectivity index (χ1v) is 7.44. The van der Waals surface area contributed by atoms with E-state index in [4.69, 9.17) is 4.42 Å². The van der Waals surface area contributed by atoms with Crippen molar-refractivity contribution in [1.29, 1.82) is 0 Å². The second kappa shape index (κ2) is 7.04. The molecule has 20 heavy (non-hydrogen) atoms. The Balaban J connectivity index is 1.78. The van der Waals surface area contributed by atoms with Crippen LogP contribution in [0.25, 0.3) is 0 Å². The minimum atomic E-state index is 0.613. The molecule has 1 aliphatic rings. The molecule has 1 fully saturated rings. The molecular weight excluding hydrogens is 254 g/mol. The van der Waals surface area contributed by atoms with E-state index < -0.39 is 0 Å². The van der Waals surface area contributed by atoms with Crippen molar-refractivity contribution in [1.82, 2.24) is 20.0 Å². The molecule has 0 saturated heterocycles. The second-order valence-corrected chi connectivity index (χ2v) is 6.06. The van der Waals surface area contributed by atoms with Gasteiger partial charge in [0.05, 0.1) is 6.54 Å². The first kappa shape index (κ1) is 15.3. The monoisotopic (exact) mass is 281 g/mol. The van der Waals surface area contributed by atoms with Gasteiger partial charge in [-0.1, -0.05) is 17.9 Å². The smallest absolute Gasteiger partial charge is 0.317 e. The Morgan fingerprint density at radius 1 is 1.05 bits per heavy atom. The highest BCUT2D eigenvalue weighted by Crippen LogP contribution is 2.22. The van der Waals surface area contributed by atoms with E-state index >= 15 is 0 Å². The summed E-state index contributed by atoms with van der Waals surface area (Å²) in [6.45, 7) is 2.63. The molecule has 0 radical (unpaired) electrons. The standard InChI is InChI=1S/C14H27N5O/c1-17(2)11-13-15-16-14(20-13)19(4)10-9-18(3)12-7-5-6-8-12/h12H,5-11H2,1-4H3. The number of nitrogens with zero attached hydrogens (tertiary/aromatic N) is 5. The van der Waals surface area contributed by atoms with Crippen LogP contribution < -0.4 is 4.90 Å². The van der Waals surface area contributed by atoms with Crippen molar-refractivity contribution < 1.29 is 4.42 Å². The van der Waals surface area contributed by atoms with Crippen LogP contribution in [-0.4, -0.2) is 67.3 Å². The zero-order chi connectivity index (χ0) is 14.5. The van der Waals surface area contributed by atoms with Gasteiger partial charge in [-0.2, -0.15) is 0 Å². The third kappa shape index (κ3) is 4.18. The fourth-order valence-corrected chi connectivity index (χ4v) is 2.66. The van der Waals surface area contributed by atoms with E-state index in [-0.39, 0.29) is 0 Å². The fraction of sp³-hybridized carbons (Fsp3) is 0.857. The van der Waals surface area contributed by atoms with Crippen LogP contribution in [0.2, 0.25) is 0 Å². The number of aromatic nitrogens is 2. The van der Waals surface area contributed by atoms with Gasteiger partial charge in [-0.15, -0.1) is 5.10 Å². The van der Waals surface area contributed by atoms with Gasteiger partial charge in [-0.05, 0) is 34.0 Å². The van der Waals surface area contributed by atoms with Crippen molar-refractivity contribution >= 4 is 6.01 Å². The summed E-state index contributed by atoms with van der Waals surface area (Å²) in [5.41, 5.74) is 0. The predicted octanol–water partition coefficient (Wildman–Crippen LogP) is 1.44. The molecule has 1 saturated carbocycles. The van der Waals surface area contributed by atoms with E-state index in [0.29, 0.717) is 18.5 Å². The Kier molecular flexibility index (Phi) is 5.37. The minimum Gasteiger partial charge on any atom is -0.407 e. The third-order valence-electron chi connectivity index (χ3n) is 3.97. The quantitative estimate of drug-likeness (QED) is 0.754. The Morgan fingerprint density at radius 3 is 2.40 bits per heavy atom. The van der Waals surface area contributed by atoms with Gasteiger partial charge in [-0.25, -0.2) is 0 Å². The number of likely N-dealkylation sites (N-methyl/N-ethyl adjacent to an activating group) is 2. The summed E-state index contributed by atoms with van der Waals surface area (Å²) in [6, 6.07) is 1.37. The van der Waals surface area contributed by atoms with Gasteiger partial charge >= 0.3 is 6.01 Å². The Hall–Kier alpha value is -1.14. The van der Waals surface area contributed by atoms with Crippen LogP contribution in [0.4, 0.5) is 6.01 Å². The minimum absolute atomic E-state index is 0.613. The SMILES string of the molecule is CN(C)Cc1nnc(N(C)CCN(C)C2CCCC2)o1. The van der Waals surface area contributed by atoms with Crippen molar-refractivity contribution in [3.8, 4) is 0 Å². The molecule has 0 aromatic carbocycles. The number of hydrogen-bond donors (Lipinski definition) is 0. The average molecular weight is 281 g/mol. The van der Waals surface area contributed by atoms with Crippen molar-refractivity contribution in [2.24, 2.45) is 0 Å². The lowest BCUT2D eigenvalue weighted by Gasteiger charge is -2.26. The highest BCUT2D eigenvalue weighted by Gasteiger charge is 2.20. The largest absolute Gasteiger partial charge is 0.407 e. The molecule has 0 aliphatic heterocycles. The molecule has 0 bridgehead atoms. The molecular formula is C14H27N5O. The summed E-state index contributed by atoms with van der Waals surface area (Å²) in [4.78, 5) is 6.52. The molecule has 0 N–H and O–H groups in total. The summed E-state index contributed by atoms with van der Waals surface area (Å²) < 4.78 is 5.66. The molecule has 1 aliphatic carbocycles. The lowest BCUT2D eigenvalue weighted by molar-refractivity contribution is 0.250. The molecule has 2 rings (SSSR count). The lowest BCUT2D eigenvalue weighted by atomic mass is 10.2. The van der Waals surface area contributed by atoms with E-state index in [9.17, 15) is 0 Å². The van der Waals surface area contributed by atoms with Crippen molar-refractivity contribution in [2.45, 2.75) is 38.3 Å². The maximum Gasteiger partial charge on any atom is 0.317 e. The summed E-state index contributed by atoms with van der Waals surface area (Å²) >= 11 is 0. The number of anilines is 1. The van der Waals surface area contributed by atoms with E-state index in [1.54, 1.807) is 0 Å². The van der Waals surface area contributed by atoms with Gasteiger partial charge in [-0.3, -0.25) is 0 Å². The van der Waals surface area contributed by atoms with Gasteiger partial charge in [0.2, 0.25) is 5.89 Å². The van der Waals surface area contributed by atoms with Gasteiger partial charge in [0.15, 0.2) is 0 Å². The van der Waals surface area contributed by atoms with Crippen molar-refractivity contribution in [3.05, 3.63) is 5.89 Å². The topological polar surface area (TPSA) is 48.6 Å². The van der Waals surface area contributed by atoms with Crippen LogP contribution in [-0.2, 0) is 6.54 Å². The first-order chi connectivity index (χ1) is 9.56. The van der Waals surface area contributed by atoms with Crippen molar-refractivity contribution in [3.63, 3.8) is 0 Å². The van der Waals surface area contributed by atoms with Crippen LogP contribution in [0, 0.1) is 0 Å². The maximum absolute atomic E-state index is 5.66. The normalized spacial score (nSPS) is 16.5.